The fourth-order valence-electron chi connectivity index (χ4n) is 1.76. The van der Waals surface area contributed by atoms with Gasteiger partial charge in [0.2, 0.25) is 5.91 Å². The Morgan fingerprint density at radius 3 is 2.68 bits per heavy atom. The van der Waals surface area contributed by atoms with Gasteiger partial charge in [0.1, 0.15) is 5.75 Å². The topological polar surface area (TPSA) is 55.4 Å². The van der Waals surface area contributed by atoms with Crippen molar-refractivity contribution < 1.29 is 14.3 Å². The number of ether oxygens (including phenoxy) is 1. The maximum atomic E-state index is 11.8. The monoisotopic (exact) mass is 261 g/mol. The summed E-state index contributed by atoms with van der Waals surface area (Å²) < 4.78 is 5.60. The highest BCUT2D eigenvalue weighted by Gasteiger charge is 2.30. The molecule has 2 rings (SSSR count). The van der Waals surface area contributed by atoms with Crippen molar-refractivity contribution in [3.8, 4) is 5.75 Å². The molecule has 0 spiro atoms. The van der Waals surface area contributed by atoms with Gasteiger partial charge in [-0.15, -0.1) is 0 Å². The molecule has 0 unspecified atom stereocenters. The number of anilines is 1. The van der Waals surface area contributed by atoms with Crippen molar-refractivity contribution in [2.45, 2.75) is 33.1 Å². The van der Waals surface area contributed by atoms with Gasteiger partial charge in [0.25, 0.3) is 0 Å². The molecule has 1 aromatic carbocycles. The van der Waals surface area contributed by atoms with Crippen molar-refractivity contribution >= 4 is 17.4 Å². The molecule has 1 saturated carbocycles. The van der Waals surface area contributed by atoms with E-state index in [1.165, 1.54) is 6.92 Å². The Bertz CT molecular complexity index is 492. The predicted molar refractivity (Wildman–Crippen MR) is 73.6 cm³/mol. The summed E-state index contributed by atoms with van der Waals surface area (Å²) in [7, 11) is 0. The Balaban J connectivity index is 2.20. The molecule has 4 heteroatoms. The molecular weight excluding hydrogens is 242 g/mol. The molecule has 1 aliphatic carbocycles. The second kappa shape index (κ2) is 5.87. The number of nitrogens with one attached hydrogen (secondary N) is 1. The summed E-state index contributed by atoms with van der Waals surface area (Å²) in [6, 6.07) is 5.16. The Morgan fingerprint density at radius 2 is 2.11 bits per heavy atom. The van der Waals surface area contributed by atoms with E-state index in [1.54, 1.807) is 18.2 Å². The first-order valence-corrected chi connectivity index (χ1v) is 6.70. The van der Waals surface area contributed by atoms with E-state index in [0.717, 1.165) is 19.3 Å². The first-order chi connectivity index (χ1) is 9.11. The Morgan fingerprint density at radius 1 is 1.37 bits per heavy atom. The largest absolute Gasteiger partial charge is 0.491 e. The lowest BCUT2D eigenvalue weighted by atomic mass is 10.1. The van der Waals surface area contributed by atoms with Gasteiger partial charge in [-0.2, -0.15) is 0 Å². The standard InChI is InChI=1S/C15H19NO3/c1-3-8-19-14-7-6-12(10(2)17)9-13(14)16-15(18)11-4-5-11/h6-7,9,11H,3-5,8H2,1-2H3,(H,16,18). The summed E-state index contributed by atoms with van der Waals surface area (Å²) >= 11 is 0. The minimum Gasteiger partial charge on any atom is -0.491 e. The molecule has 0 saturated heterocycles. The lowest BCUT2D eigenvalue weighted by Gasteiger charge is -2.13. The molecule has 1 aromatic rings. The van der Waals surface area contributed by atoms with E-state index < -0.39 is 0 Å². The van der Waals surface area contributed by atoms with Crippen LogP contribution in [-0.2, 0) is 4.79 Å². The zero-order valence-electron chi connectivity index (χ0n) is 11.4. The van der Waals surface area contributed by atoms with Gasteiger partial charge in [-0.25, -0.2) is 0 Å². The van der Waals surface area contributed by atoms with E-state index in [0.29, 0.717) is 23.6 Å². The fraction of sp³-hybridized carbons (Fsp3) is 0.467. The zero-order chi connectivity index (χ0) is 13.8. The molecule has 0 aromatic heterocycles. The van der Waals surface area contributed by atoms with Crippen LogP contribution >= 0.6 is 0 Å². The van der Waals surface area contributed by atoms with E-state index >= 15 is 0 Å². The first kappa shape index (κ1) is 13.6. The first-order valence-electron chi connectivity index (χ1n) is 6.70. The smallest absolute Gasteiger partial charge is 0.227 e. The van der Waals surface area contributed by atoms with Crippen LogP contribution in [0.4, 0.5) is 5.69 Å². The summed E-state index contributed by atoms with van der Waals surface area (Å²) in [4.78, 5) is 23.2. The fourth-order valence-corrected chi connectivity index (χ4v) is 1.76. The van der Waals surface area contributed by atoms with Crippen LogP contribution in [0.15, 0.2) is 18.2 Å². The van der Waals surface area contributed by atoms with Gasteiger partial charge in [0.05, 0.1) is 12.3 Å². The van der Waals surface area contributed by atoms with Crippen LogP contribution in [-0.4, -0.2) is 18.3 Å². The number of benzene rings is 1. The summed E-state index contributed by atoms with van der Waals surface area (Å²) in [5.74, 6) is 0.742. The normalized spacial score (nSPS) is 14.0. The lowest BCUT2D eigenvalue weighted by Crippen LogP contribution is -2.15. The molecule has 1 aliphatic rings. The number of carbonyl (C=O) groups is 2. The number of Topliss-reactive ketones (excluding diaryl/α,β-unsaturated/α-hetero) is 1. The van der Waals surface area contributed by atoms with Gasteiger partial charge in [-0.1, -0.05) is 6.92 Å². The van der Waals surface area contributed by atoms with Gasteiger partial charge < -0.3 is 10.1 Å². The van der Waals surface area contributed by atoms with Gasteiger partial charge in [0.15, 0.2) is 5.78 Å². The Kier molecular flexibility index (Phi) is 4.20. The molecule has 19 heavy (non-hydrogen) atoms. The van der Waals surface area contributed by atoms with Gasteiger partial charge >= 0.3 is 0 Å². The van der Waals surface area contributed by atoms with Crippen LogP contribution in [0.25, 0.3) is 0 Å². The molecular formula is C15H19NO3. The van der Waals surface area contributed by atoms with Crippen molar-refractivity contribution in [3.05, 3.63) is 23.8 Å². The average molecular weight is 261 g/mol. The number of carbonyl (C=O) groups excluding carboxylic acids is 2. The van der Waals surface area contributed by atoms with E-state index in [-0.39, 0.29) is 17.6 Å². The minimum atomic E-state index is -0.0241. The van der Waals surface area contributed by atoms with Crippen LogP contribution in [0.1, 0.15) is 43.5 Å². The molecule has 0 heterocycles. The summed E-state index contributed by atoms with van der Waals surface area (Å²) in [6.07, 6.45) is 2.79. The zero-order valence-corrected chi connectivity index (χ0v) is 11.4. The SMILES string of the molecule is CCCOc1ccc(C(C)=O)cc1NC(=O)C1CC1. The molecule has 4 nitrogen and oxygen atoms in total. The van der Waals surface area contributed by atoms with E-state index in [9.17, 15) is 9.59 Å². The van der Waals surface area contributed by atoms with Crippen LogP contribution in [0, 0.1) is 5.92 Å². The van der Waals surface area contributed by atoms with Crippen LogP contribution in [0.5, 0.6) is 5.75 Å². The summed E-state index contributed by atoms with van der Waals surface area (Å²) in [5.41, 5.74) is 1.17. The van der Waals surface area contributed by atoms with Crippen molar-refractivity contribution in [1.29, 1.82) is 0 Å². The molecule has 0 atom stereocenters. The van der Waals surface area contributed by atoms with Crippen molar-refractivity contribution in [2.24, 2.45) is 5.92 Å². The lowest BCUT2D eigenvalue weighted by molar-refractivity contribution is -0.117. The second-order valence-electron chi connectivity index (χ2n) is 4.88. The van der Waals surface area contributed by atoms with Crippen molar-refractivity contribution in [2.75, 3.05) is 11.9 Å². The second-order valence-corrected chi connectivity index (χ2v) is 4.88. The van der Waals surface area contributed by atoms with E-state index in [2.05, 4.69) is 5.32 Å². The Hall–Kier alpha value is -1.84. The van der Waals surface area contributed by atoms with Crippen molar-refractivity contribution in [3.63, 3.8) is 0 Å². The molecule has 0 aliphatic heterocycles. The highest BCUT2D eigenvalue weighted by molar-refractivity contribution is 5.99. The third-order valence-electron chi connectivity index (χ3n) is 3.05. The molecule has 1 amide bonds. The summed E-state index contributed by atoms with van der Waals surface area (Å²) in [5, 5.41) is 2.86. The average Bonchev–Trinajstić information content (AvgIpc) is 3.21. The van der Waals surface area contributed by atoms with Crippen LogP contribution in [0.3, 0.4) is 0 Å². The van der Waals surface area contributed by atoms with Crippen LogP contribution in [0.2, 0.25) is 0 Å². The molecule has 1 N–H and O–H groups in total. The number of hydrogen-bond donors (Lipinski definition) is 1. The third kappa shape index (κ3) is 3.56. The number of amides is 1. The third-order valence-corrected chi connectivity index (χ3v) is 3.05. The molecule has 1 fully saturated rings. The number of hydrogen-bond acceptors (Lipinski definition) is 3. The molecule has 102 valence electrons. The molecule has 0 radical (unpaired) electrons. The molecule has 0 bridgehead atoms. The highest BCUT2D eigenvalue weighted by Crippen LogP contribution is 2.33. The highest BCUT2D eigenvalue weighted by atomic mass is 16.5. The minimum absolute atomic E-state index is 0.0158. The van der Waals surface area contributed by atoms with Crippen molar-refractivity contribution in [1.82, 2.24) is 0 Å². The maximum absolute atomic E-state index is 11.8. The van der Waals surface area contributed by atoms with E-state index in [4.69, 9.17) is 4.74 Å². The summed E-state index contributed by atoms with van der Waals surface area (Å²) in [6.45, 7) is 4.12. The Labute approximate surface area is 113 Å². The quantitative estimate of drug-likeness (QED) is 0.801. The predicted octanol–water partition coefficient (Wildman–Crippen LogP) is 3.03. The van der Waals surface area contributed by atoms with Crippen LogP contribution < -0.4 is 10.1 Å². The van der Waals surface area contributed by atoms with Gasteiger partial charge in [0, 0.05) is 11.5 Å². The van der Waals surface area contributed by atoms with E-state index in [1.807, 2.05) is 6.92 Å². The maximum Gasteiger partial charge on any atom is 0.227 e. The number of ketones is 1. The van der Waals surface area contributed by atoms with Gasteiger partial charge in [-0.3, -0.25) is 9.59 Å². The van der Waals surface area contributed by atoms with Gasteiger partial charge in [-0.05, 0) is 44.4 Å². The number of rotatable bonds is 6.